The first-order valence-corrected chi connectivity index (χ1v) is 7.34. The molecule has 0 saturated carbocycles. The number of esters is 1. The van der Waals surface area contributed by atoms with Crippen LogP contribution >= 0.6 is 46.1 Å². The standard InChI is InChI=1S/C12H9Cl3N2O2S/c1-5-3-7(14)8(4-6(5)13)16-12-17-10(15)9(20-12)11(18)19-2/h3-4H,1-2H3,(H,16,17). The Balaban J connectivity index is 2.31. The van der Waals surface area contributed by atoms with Crippen LogP contribution < -0.4 is 5.32 Å². The van der Waals surface area contributed by atoms with Gasteiger partial charge in [0.1, 0.15) is 0 Å². The largest absolute Gasteiger partial charge is 0.465 e. The van der Waals surface area contributed by atoms with E-state index in [9.17, 15) is 4.79 Å². The maximum absolute atomic E-state index is 11.5. The van der Waals surface area contributed by atoms with E-state index in [4.69, 9.17) is 34.8 Å². The van der Waals surface area contributed by atoms with Gasteiger partial charge in [0, 0.05) is 5.02 Å². The molecule has 0 fully saturated rings. The number of aryl methyl sites for hydroxylation is 1. The summed E-state index contributed by atoms with van der Waals surface area (Å²) in [5, 5.41) is 4.56. The second-order valence-corrected chi connectivity index (χ2v) is 6.01. The summed E-state index contributed by atoms with van der Waals surface area (Å²) in [6, 6.07) is 3.43. The fraction of sp³-hybridized carbons (Fsp3) is 0.167. The normalized spacial score (nSPS) is 10.4. The second kappa shape index (κ2) is 6.18. The molecule has 0 aliphatic heterocycles. The van der Waals surface area contributed by atoms with E-state index in [-0.39, 0.29) is 10.0 Å². The number of benzene rings is 1. The van der Waals surface area contributed by atoms with Gasteiger partial charge in [-0.15, -0.1) is 0 Å². The lowest BCUT2D eigenvalue weighted by Gasteiger charge is -2.07. The van der Waals surface area contributed by atoms with Crippen molar-refractivity contribution in [2.75, 3.05) is 12.4 Å². The highest BCUT2D eigenvalue weighted by Crippen LogP contribution is 2.34. The third kappa shape index (κ3) is 3.17. The first kappa shape index (κ1) is 15.4. The van der Waals surface area contributed by atoms with Crippen LogP contribution in [0, 0.1) is 6.92 Å². The third-order valence-corrected chi connectivity index (χ3v) is 4.50. The highest BCUT2D eigenvalue weighted by atomic mass is 35.5. The molecule has 4 nitrogen and oxygen atoms in total. The number of rotatable bonds is 3. The second-order valence-electron chi connectivity index (χ2n) is 3.84. The lowest BCUT2D eigenvalue weighted by molar-refractivity contribution is 0.0606. The van der Waals surface area contributed by atoms with Gasteiger partial charge in [-0.3, -0.25) is 0 Å². The van der Waals surface area contributed by atoms with Crippen LogP contribution in [0.25, 0.3) is 0 Å². The number of ether oxygens (including phenoxy) is 1. The predicted octanol–water partition coefficient (Wildman–Crippen LogP) is 4.94. The number of methoxy groups -OCH3 is 1. The molecule has 0 unspecified atom stereocenters. The molecule has 0 saturated heterocycles. The topological polar surface area (TPSA) is 51.2 Å². The van der Waals surface area contributed by atoms with Gasteiger partial charge in [0.2, 0.25) is 0 Å². The average molecular weight is 352 g/mol. The zero-order valence-corrected chi connectivity index (χ0v) is 13.5. The predicted molar refractivity (Wildman–Crippen MR) is 82.9 cm³/mol. The minimum atomic E-state index is -0.534. The molecule has 0 aliphatic rings. The number of anilines is 2. The van der Waals surface area contributed by atoms with Crippen molar-refractivity contribution in [3.63, 3.8) is 0 Å². The monoisotopic (exact) mass is 350 g/mol. The first-order valence-electron chi connectivity index (χ1n) is 5.39. The fourth-order valence-electron chi connectivity index (χ4n) is 1.43. The highest BCUT2D eigenvalue weighted by molar-refractivity contribution is 7.18. The van der Waals surface area contributed by atoms with Crippen molar-refractivity contribution in [2.45, 2.75) is 6.92 Å². The zero-order valence-electron chi connectivity index (χ0n) is 10.5. The van der Waals surface area contributed by atoms with Gasteiger partial charge in [-0.05, 0) is 24.6 Å². The van der Waals surface area contributed by atoms with Gasteiger partial charge in [0.25, 0.3) is 0 Å². The molecule has 106 valence electrons. The highest BCUT2D eigenvalue weighted by Gasteiger charge is 2.18. The molecule has 2 rings (SSSR count). The maximum atomic E-state index is 11.5. The van der Waals surface area contributed by atoms with E-state index < -0.39 is 5.97 Å². The van der Waals surface area contributed by atoms with Crippen LogP contribution in [0.1, 0.15) is 15.2 Å². The van der Waals surface area contributed by atoms with Crippen molar-refractivity contribution in [1.29, 1.82) is 0 Å². The average Bonchev–Trinajstić information content (AvgIpc) is 2.76. The fourth-order valence-corrected chi connectivity index (χ4v) is 2.98. The lowest BCUT2D eigenvalue weighted by Crippen LogP contribution is -1.98. The van der Waals surface area contributed by atoms with E-state index in [1.165, 1.54) is 7.11 Å². The summed E-state index contributed by atoms with van der Waals surface area (Å²) in [5.74, 6) is -0.534. The number of nitrogens with zero attached hydrogens (tertiary/aromatic N) is 1. The zero-order chi connectivity index (χ0) is 14.9. The molecule has 8 heteroatoms. The number of hydrogen-bond donors (Lipinski definition) is 1. The van der Waals surface area contributed by atoms with Gasteiger partial charge >= 0.3 is 5.97 Å². The number of thiazole rings is 1. The molecular formula is C12H9Cl3N2O2S. The van der Waals surface area contributed by atoms with Gasteiger partial charge < -0.3 is 10.1 Å². The summed E-state index contributed by atoms with van der Waals surface area (Å²) in [6.07, 6.45) is 0. The van der Waals surface area contributed by atoms with Crippen molar-refractivity contribution in [1.82, 2.24) is 4.98 Å². The summed E-state index contributed by atoms with van der Waals surface area (Å²) >= 11 is 19.1. The Morgan fingerprint density at radius 3 is 2.65 bits per heavy atom. The molecule has 1 N–H and O–H groups in total. The van der Waals surface area contributed by atoms with E-state index in [1.54, 1.807) is 12.1 Å². The molecule has 0 radical (unpaired) electrons. The number of hydrogen-bond acceptors (Lipinski definition) is 5. The van der Waals surface area contributed by atoms with E-state index in [2.05, 4.69) is 15.0 Å². The number of carbonyl (C=O) groups is 1. The van der Waals surface area contributed by atoms with Crippen LogP contribution in [0.15, 0.2) is 12.1 Å². The molecule has 0 spiro atoms. The minimum Gasteiger partial charge on any atom is -0.465 e. The molecule has 0 aliphatic carbocycles. The summed E-state index contributed by atoms with van der Waals surface area (Å²) < 4.78 is 4.61. The Bertz CT molecular complexity index is 673. The minimum absolute atomic E-state index is 0.0821. The number of nitrogens with one attached hydrogen (secondary N) is 1. The van der Waals surface area contributed by atoms with Gasteiger partial charge in [0.05, 0.1) is 17.8 Å². The van der Waals surface area contributed by atoms with E-state index in [1.807, 2.05) is 6.92 Å². The maximum Gasteiger partial charge on any atom is 0.351 e. The Labute approximate surface area is 134 Å². The van der Waals surface area contributed by atoms with E-state index in [0.29, 0.717) is 20.9 Å². The van der Waals surface area contributed by atoms with Crippen LogP contribution in [-0.2, 0) is 4.74 Å². The van der Waals surface area contributed by atoms with Crippen LogP contribution in [0.5, 0.6) is 0 Å². The molecule has 0 bridgehead atoms. The molecule has 1 aromatic heterocycles. The lowest BCUT2D eigenvalue weighted by atomic mass is 10.2. The summed E-state index contributed by atoms with van der Waals surface area (Å²) in [5.41, 5.74) is 1.46. The Hall–Kier alpha value is -1.01. The molecule has 1 heterocycles. The van der Waals surface area contributed by atoms with Crippen molar-refractivity contribution in [3.05, 3.63) is 37.8 Å². The number of carbonyl (C=O) groups excluding carboxylic acids is 1. The van der Waals surface area contributed by atoms with Crippen LogP contribution in [0.2, 0.25) is 15.2 Å². The van der Waals surface area contributed by atoms with Gasteiger partial charge in [-0.2, -0.15) is 0 Å². The van der Waals surface area contributed by atoms with Crippen LogP contribution in [-0.4, -0.2) is 18.1 Å². The molecule has 20 heavy (non-hydrogen) atoms. The quantitative estimate of drug-likeness (QED) is 0.796. The smallest absolute Gasteiger partial charge is 0.351 e. The Kier molecular flexibility index (Phi) is 4.75. The summed E-state index contributed by atoms with van der Waals surface area (Å²) in [6.45, 7) is 1.85. The Morgan fingerprint density at radius 1 is 1.30 bits per heavy atom. The van der Waals surface area contributed by atoms with Gasteiger partial charge in [-0.1, -0.05) is 46.1 Å². The first-order chi connectivity index (χ1) is 9.42. The van der Waals surface area contributed by atoms with Crippen molar-refractivity contribution < 1.29 is 9.53 Å². The number of halogens is 3. The van der Waals surface area contributed by atoms with Crippen molar-refractivity contribution >= 4 is 62.9 Å². The molecule has 0 amide bonds. The Morgan fingerprint density at radius 2 is 2.00 bits per heavy atom. The molecule has 2 aromatic rings. The van der Waals surface area contributed by atoms with Gasteiger partial charge in [-0.25, -0.2) is 9.78 Å². The third-order valence-electron chi connectivity index (χ3n) is 2.45. The SMILES string of the molecule is COC(=O)c1sc(Nc2cc(Cl)c(C)cc2Cl)nc1Cl. The van der Waals surface area contributed by atoms with E-state index in [0.717, 1.165) is 16.9 Å². The van der Waals surface area contributed by atoms with Gasteiger partial charge in [0.15, 0.2) is 15.2 Å². The van der Waals surface area contributed by atoms with Crippen LogP contribution in [0.4, 0.5) is 10.8 Å². The van der Waals surface area contributed by atoms with Crippen LogP contribution in [0.3, 0.4) is 0 Å². The summed E-state index contributed by atoms with van der Waals surface area (Å²) in [4.78, 5) is 15.7. The summed E-state index contributed by atoms with van der Waals surface area (Å²) in [7, 11) is 1.28. The van der Waals surface area contributed by atoms with E-state index >= 15 is 0 Å². The molecule has 1 aromatic carbocycles. The molecular weight excluding hydrogens is 343 g/mol. The molecule has 0 atom stereocenters. The van der Waals surface area contributed by atoms with Crippen molar-refractivity contribution in [3.8, 4) is 0 Å². The van der Waals surface area contributed by atoms with Crippen molar-refractivity contribution in [2.24, 2.45) is 0 Å². The number of aromatic nitrogens is 1.